The number of methoxy groups -OCH3 is 1. The summed E-state index contributed by atoms with van der Waals surface area (Å²) in [4.78, 5) is 4.19. The molecule has 0 saturated heterocycles. The van der Waals surface area contributed by atoms with Gasteiger partial charge in [-0.05, 0) is 19.9 Å². The Hall–Kier alpha value is -1.09. The SMILES string of the molecule is COc1cccc(CC(C)(C)O)n1. The van der Waals surface area contributed by atoms with E-state index in [0.29, 0.717) is 12.3 Å². The van der Waals surface area contributed by atoms with E-state index < -0.39 is 5.60 Å². The summed E-state index contributed by atoms with van der Waals surface area (Å²) < 4.78 is 4.98. The number of ether oxygens (including phenoxy) is 1. The maximum atomic E-state index is 9.55. The highest BCUT2D eigenvalue weighted by molar-refractivity contribution is 5.16. The molecule has 0 spiro atoms. The zero-order chi connectivity index (χ0) is 9.90. The first kappa shape index (κ1) is 9.99. The fourth-order valence-corrected chi connectivity index (χ4v) is 1.11. The minimum atomic E-state index is -0.723. The molecule has 1 aromatic rings. The number of aromatic nitrogens is 1. The van der Waals surface area contributed by atoms with Crippen molar-refractivity contribution in [3.05, 3.63) is 23.9 Å². The van der Waals surface area contributed by atoms with Crippen LogP contribution in [0.4, 0.5) is 0 Å². The molecule has 0 atom stereocenters. The summed E-state index contributed by atoms with van der Waals surface area (Å²) in [6, 6.07) is 5.53. The van der Waals surface area contributed by atoms with E-state index in [2.05, 4.69) is 4.98 Å². The Morgan fingerprint density at radius 3 is 2.69 bits per heavy atom. The molecule has 0 radical (unpaired) electrons. The third kappa shape index (κ3) is 3.42. The van der Waals surface area contributed by atoms with Crippen molar-refractivity contribution >= 4 is 0 Å². The van der Waals surface area contributed by atoms with Crippen LogP contribution in [-0.2, 0) is 6.42 Å². The summed E-state index contributed by atoms with van der Waals surface area (Å²) in [5.41, 5.74) is 0.117. The number of hydrogen-bond acceptors (Lipinski definition) is 3. The number of pyridine rings is 1. The molecule has 1 heterocycles. The minimum absolute atomic E-state index is 0.532. The van der Waals surface area contributed by atoms with Gasteiger partial charge >= 0.3 is 0 Å². The number of rotatable bonds is 3. The molecule has 0 unspecified atom stereocenters. The van der Waals surface area contributed by atoms with Gasteiger partial charge in [0.15, 0.2) is 0 Å². The third-order valence-corrected chi connectivity index (χ3v) is 1.60. The lowest BCUT2D eigenvalue weighted by Gasteiger charge is -2.16. The van der Waals surface area contributed by atoms with E-state index in [-0.39, 0.29) is 0 Å². The summed E-state index contributed by atoms with van der Waals surface area (Å²) in [7, 11) is 1.58. The second-order valence-electron chi connectivity index (χ2n) is 3.66. The van der Waals surface area contributed by atoms with Crippen LogP contribution in [0.1, 0.15) is 19.5 Å². The predicted octanol–water partition coefficient (Wildman–Crippen LogP) is 1.40. The van der Waals surface area contributed by atoms with Crippen LogP contribution in [0.2, 0.25) is 0 Å². The Balaban J connectivity index is 2.78. The van der Waals surface area contributed by atoms with Crippen molar-refractivity contribution < 1.29 is 9.84 Å². The first-order valence-corrected chi connectivity index (χ1v) is 4.23. The lowest BCUT2D eigenvalue weighted by Crippen LogP contribution is -2.22. The summed E-state index contributed by atoms with van der Waals surface area (Å²) in [5, 5.41) is 9.55. The van der Waals surface area contributed by atoms with Crippen LogP contribution < -0.4 is 4.74 Å². The van der Waals surface area contributed by atoms with Crippen molar-refractivity contribution in [2.45, 2.75) is 25.9 Å². The van der Waals surface area contributed by atoms with Gasteiger partial charge in [-0.1, -0.05) is 6.07 Å². The molecule has 0 fully saturated rings. The fraction of sp³-hybridized carbons (Fsp3) is 0.500. The van der Waals surface area contributed by atoms with Crippen molar-refractivity contribution in [3.63, 3.8) is 0 Å². The average molecular weight is 181 g/mol. The summed E-state index contributed by atoms with van der Waals surface area (Å²) >= 11 is 0. The molecule has 3 heteroatoms. The number of nitrogens with zero attached hydrogens (tertiary/aromatic N) is 1. The van der Waals surface area contributed by atoms with Crippen molar-refractivity contribution in [1.82, 2.24) is 4.98 Å². The lowest BCUT2D eigenvalue weighted by molar-refractivity contribution is 0.0798. The highest BCUT2D eigenvalue weighted by atomic mass is 16.5. The monoisotopic (exact) mass is 181 g/mol. The molecule has 72 valence electrons. The summed E-state index contributed by atoms with van der Waals surface area (Å²) in [5.74, 6) is 0.585. The molecule has 0 aliphatic carbocycles. The van der Waals surface area contributed by atoms with Crippen molar-refractivity contribution in [2.24, 2.45) is 0 Å². The highest BCUT2D eigenvalue weighted by Gasteiger charge is 2.14. The average Bonchev–Trinajstić information content (AvgIpc) is 2.01. The zero-order valence-corrected chi connectivity index (χ0v) is 8.24. The molecule has 1 N–H and O–H groups in total. The van der Waals surface area contributed by atoms with E-state index in [0.717, 1.165) is 5.69 Å². The molecule has 1 rings (SSSR count). The van der Waals surface area contributed by atoms with Crippen LogP contribution >= 0.6 is 0 Å². The highest BCUT2D eigenvalue weighted by Crippen LogP contribution is 2.13. The van der Waals surface area contributed by atoms with Crippen LogP contribution in [-0.4, -0.2) is 22.8 Å². The van der Waals surface area contributed by atoms with Crippen LogP contribution in [0.5, 0.6) is 5.88 Å². The molecule has 0 amide bonds. The van der Waals surface area contributed by atoms with Crippen LogP contribution in [0.3, 0.4) is 0 Å². The van der Waals surface area contributed by atoms with Crippen LogP contribution in [0.15, 0.2) is 18.2 Å². The standard InChI is InChI=1S/C10H15NO2/c1-10(2,12)7-8-5-4-6-9(11-8)13-3/h4-6,12H,7H2,1-3H3. The summed E-state index contributed by atoms with van der Waals surface area (Å²) in [6.07, 6.45) is 0.532. The third-order valence-electron chi connectivity index (χ3n) is 1.60. The molecule has 1 aromatic heterocycles. The van der Waals surface area contributed by atoms with Gasteiger partial charge in [0.05, 0.1) is 12.7 Å². The second kappa shape index (κ2) is 3.75. The van der Waals surface area contributed by atoms with Gasteiger partial charge in [-0.25, -0.2) is 4.98 Å². The Bertz CT molecular complexity index is 278. The van der Waals surface area contributed by atoms with Crippen LogP contribution in [0.25, 0.3) is 0 Å². The van der Waals surface area contributed by atoms with E-state index >= 15 is 0 Å². The molecule has 0 aromatic carbocycles. The molecule has 0 bridgehead atoms. The minimum Gasteiger partial charge on any atom is -0.481 e. The van der Waals surface area contributed by atoms with Gasteiger partial charge in [0.1, 0.15) is 0 Å². The smallest absolute Gasteiger partial charge is 0.213 e. The quantitative estimate of drug-likeness (QED) is 0.766. The molecule has 13 heavy (non-hydrogen) atoms. The second-order valence-corrected chi connectivity index (χ2v) is 3.66. The van der Waals surface area contributed by atoms with Gasteiger partial charge in [0.2, 0.25) is 5.88 Å². The molecule has 0 saturated carbocycles. The zero-order valence-electron chi connectivity index (χ0n) is 8.24. The molecule has 3 nitrogen and oxygen atoms in total. The number of aliphatic hydroxyl groups is 1. The van der Waals surface area contributed by atoms with Crippen molar-refractivity contribution in [1.29, 1.82) is 0 Å². The Labute approximate surface area is 78.4 Å². The lowest BCUT2D eigenvalue weighted by atomic mass is 10.0. The molecule has 0 aliphatic rings. The van der Waals surface area contributed by atoms with Gasteiger partial charge in [0, 0.05) is 18.2 Å². The molecular formula is C10H15NO2. The first-order valence-electron chi connectivity index (χ1n) is 4.23. The predicted molar refractivity (Wildman–Crippen MR) is 50.8 cm³/mol. The van der Waals surface area contributed by atoms with E-state index in [1.165, 1.54) is 0 Å². The van der Waals surface area contributed by atoms with Gasteiger partial charge in [0.25, 0.3) is 0 Å². The Kier molecular flexibility index (Phi) is 2.88. The normalized spacial score (nSPS) is 11.4. The van der Waals surface area contributed by atoms with Gasteiger partial charge in [-0.2, -0.15) is 0 Å². The fourth-order valence-electron chi connectivity index (χ4n) is 1.11. The first-order chi connectivity index (χ1) is 6.01. The van der Waals surface area contributed by atoms with Gasteiger partial charge in [-0.15, -0.1) is 0 Å². The Morgan fingerprint density at radius 1 is 1.46 bits per heavy atom. The van der Waals surface area contributed by atoms with Crippen molar-refractivity contribution in [3.8, 4) is 5.88 Å². The molecular weight excluding hydrogens is 166 g/mol. The summed E-state index contributed by atoms with van der Waals surface area (Å²) in [6.45, 7) is 3.52. The van der Waals surface area contributed by atoms with Gasteiger partial charge < -0.3 is 9.84 Å². The van der Waals surface area contributed by atoms with E-state index in [1.54, 1.807) is 27.0 Å². The van der Waals surface area contributed by atoms with E-state index in [9.17, 15) is 5.11 Å². The Morgan fingerprint density at radius 2 is 2.15 bits per heavy atom. The van der Waals surface area contributed by atoms with E-state index in [4.69, 9.17) is 4.74 Å². The van der Waals surface area contributed by atoms with E-state index in [1.807, 2.05) is 12.1 Å². The number of hydrogen-bond donors (Lipinski definition) is 1. The van der Waals surface area contributed by atoms with Crippen molar-refractivity contribution in [2.75, 3.05) is 7.11 Å². The van der Waals surface area contributed by atoms with Crippen LogP contribution in [0, 0.1) is 0 Å². The maximum absolute atomic E-state index is 9.55. The molecule has 0 aliphatic heterocycles. The largest absolute Gasteiger partial charge is 0.481 e. The van der Waals surface area contributed by atoms with Gasteiger partial charge in [-0.3, -0.25) is 0 Å². The maximum Gasteiger partial charge on any atom is 0.213 e. The topological polar surface area (TPSA) is 42.4 Å².